The van der Waals surface area contributed by atoms with Crippen LogP contribution < -0.4 is 10.6 Å². The Morgan fingerprint density at radius 3 is 2.30 bits per heavy atom. The molecule has 3 aliphatic carbocycles. The van der Waals surface area contributed by atoms with Gasteiger partial charge in [-0.15, -0.1) is 0 Å². The number of carbonyl (C=O) groups is 4. The highest BCUT2D eigenvalue weighted by molar-refractivity contribution is 6.16. The molecular formula is C29H39N3O8. The summed E-state index contributed by atoms with van der Waals surface area (Å²) in [7, 11) is 3.59. The minimum absolute atomic E-state index is 0.0387. The lowest BCUT2D eigenvalue weighted by molar-refractivity contribution is -0.167. The van der Waals surface area contributed by atoms with Crippen LogP contribution in [0.1, 0.15) is 62.0 Å². The Morgan fingerprint density at radius 2 is 1.77 bits per heavy atom. The topological polar surface area (TPSA) is 182 Å². The Balaban J connectivity index is 1.87. The number of rotatable bonds is 5. The van der Waals surface area contributed by atoms with E-state index in [1.54, 1.807) is 30.0 Å². The molecule has 2 unspecified atom stereocenters. The normalized spacial score (nSPS) is 28.0. The molecule has 0 radical (unpaired) electrons. The third kappa shape index (κ3) is 4.64. The molecule has 0 saturated heterocycles. The van der Waals surface area contributed by atoms with E-state index in [4.69, 9.17) is 5.73 Å². The number of fused-ring (bicyclic) bond motifs is 3. The molecule has 218 valence electrons. The lowest BCUT2D eigenvalue weighted by atomic mass is 9.57. The molecule has 11 heteroatoms. The number of nitrogens with zero attached hydrogens (tertiary/aromatic N) is 2. The van der Waals surface area contributed by atoms with Gasteiger partial charge in [0.15, 0.2) is 17.2 Å². The van der Waals surface area contributed by atoms with E-state index < -0.39 is 52.7 Å². The number of anilines is 1. The predicted molar refractivity (Wildman–Crippen MR) is 146 cm³/mol. The molecule has 11 nitrogen and oxygen atoms in total. The molecule has 4 rings (SSSR count). The van der Waals surface area contributed by atoms with Crippen molar-refractivity contribution < 1.29 is 39.6 Å². The first-order chi connectivity index (χ1) is 18.4. The summed E-state index contributed by atoms with van der Waals surface area (Å²) in [4.78, 5) is 55.0. The van der Waals surface area contributed by atoms with Crippen LogP contribution in [0.25, 0.3) is 0 Å². The lowest BCUT2D eigenvalue weighted by Gasteiger charge is -2.48. The summed E-state index contributed by atoms with van der Waals surface area (Å²) >= 11 is 0. The van der Waals surface area contributed by atoms with Gasteiger partial charge in [0, 0.05) is 56.9 Å². The van der Waals surface area contributed by atoms with Gasteiger partial charge in [0.05, 0.1) is 11.7 Å². The highest BCUT2D eigenvalue weighted by Crippen LogP contribution is 2.53. The first kappa shape index (κ1) is 29.5. The number of nitrogens with two attached hydrogens (primary N) is 1. The summed E-state index contributed by atoms with van der Waals surface area (Å²) in [5, 5.41) is 44.7. The Kier molecular flexibility index (Phi) is 7.30. The summed E-state index contributed by atoms with van der Waals surface area (Å²) in [6.07, 6.45) is -1.27. The predicted octanol–water partition coefficient (Wildman–Crippen LogP) is 1.21. The molecule has 6 N–H and O–H groups in total. The smallest absolute Gasteiger partial charge is 0.230 e. The van der Waals surface area contributed by atoms with Crippen LogP contribution >= 0.6 is 0 Å². The van der Waals surface area contributed by atoms with Crippen LogP contribution in [0.2, 0.25) is 0 Å². The van der Waals surface area contributed by atoms with Gasteiger partial charge in [-0.2, -0.15) is 0 Å². The molecular weight excluding hydrogens is 518 g/mol. The minimum atomic E-state index is -2.56. The average Bonchev–Trinajstić information content (AvgIpc) is 2.81. The molecule has 3 aliphatic rings. The third-order valence-corrected chi connectivity index (χ3v) is 8.40. The number of carbonyl (C=O) groups excluding carboxylic acids is 4. The molecule has 5 atom stereocenters. The number of ketones is 2. The van der Waals surface area contributed by atoms with Gasteiger partial charge in [0.1, 0.15) is 17.4 Å². The number of aliphatic hydroxyl groups excluding tert-OH is 2. The molecule has 0 spiro atoms. The van der Waals surface area contributed by atoms with Gasteiger partial charge >= 0.3 is 0 Å². The van der Waals surface area contributed by atoms with Crippen molar-refractivity contribution in [2.24, 2.45) is 28.9 Å². The molecule has 0 bridgehead atoms. The van der Waals surface area contributed by atoms with E-state index >= 15 is 0 Å². The minimum Gasteiger partial charge on any atom is -0.508 e. The van der Waals surface area contributed by atoms with Crippen molar-refractivity contribution in [3.05, 3.63) is 34.1 Å². The van der Waals surface area contributed by atoms with Crippen LogP contribution in [0.4, 0.5) is 5.69 Å². The standard InChI is InChI=1S/C29H39N3O8/c1-13(33)32(12-28(2,3)4)11-15-9-18(31(5)6)17-8-14-7-16-10-19(34)22(27(30)39)26(38)29(16,40)25(37)20(14)24(36)21(17)23(15)35/h9,14,16,19,22,34-35,37,40H,7-8,10-12H2,1-6H3,(H2,30,39)/t14-,16+,19?,22?,29+/m1/s1. The fourth-order valence-corrected chi connectivity index (χ4v) is 6.61. The van der Waals surface area contributed by atoms with Crippen LogP contribution in [0.3, 0.4) is 0 Å². The zero-order valence-corrected chi connectivity index (χ0v) is 23.8. The van der Waals surface area contributed by atoms with Crippen molar-refractivity contribution in [1.29, 1.82) is 0 Å². The number of allylic oxidation sites excluding steroid dienone is 1. The number of amides is 2. The average molecular weight is 558 g/mol. The maximum Gasteiger partial charge on any atom is 0.230 e. The highest BCUT2D eigenvalue weighted by Gasteiger charge is 2.62. The van der Waals surface area contributed by atoms with Gasteiger partial charge in [-0.25, -0.2) is 0 Å². The second kappa shape index (κ2) is 9.88. The third-order valence-electron chi connectivity index (χ3n) is 8.40. The number of phenols is 1. The van der Waals surface area contributed by atoms with Gasteiger partial charge in [0.2, 0.25) is 11.8 Å². The van der Waals surface area contributed by atoms with Crippen molar-refractivity contribution >= 4 is 29.1 Å². The molecule has 0 heterocycles. The molecule has 0 aromatic heterocycles. The summed E-state index contributed by atoms with van der Waals surface area (Å²) in [6, 6.07) is 1.75. The van der Waals surface area contributed by atoms with E-state index in [9.17, 15) is 39.6 Å². The fourth-order valence-electron chi connectivity index (χ4n) is 6.61. The van der Waals surface area contributed by atoms with E-state index in [1.165, 1.54) is 6.92 Å². The van der Waals surface area contributed by atoms with Crippen LogP contribution in [-0.2, 0) is 27.3 Å². The van der Waals surface area contributed by atoms with Crippen molar-refractivity contribution in [1.82, 2.24) is 4.90 Å². The van der Waals surface area contributed by atoms with Crippen LogP contribution in [0, 0.1) is 23.2 Å². The molecule has 1 aromatic rings. The Labute approximate surface area is 233 Å². The number of aromatic hydroxyl groups is 1. The van der Waals surface area contributed by atoms with Gasteiger partial charge in [-0.3, -0.25) is 19.2 Å². The van der Waals surface area contributed by atoms with Crippen molar-refractivity contribution in [2.75, 3.05) is 25.5 Å². The number of Topliss-reactive ketones (excluding diaryl/α,β-unsaturated/α-hetero) is 2. The zero-order chi connectivity index (χ0) is 30.1. The van der Waals surface area contributed by atoms with E-state index in [-0.39, 0.29) is 54.0 Å². The number of aliphatic hydroxyl groups is 3. The maximum absolute atomic E-state index is 14.0. The van der Waals surface area contributed by atoms with E-state index in [0.29, 0.717) is 23.4 Å². The molecule has 1 saturated carbocycles. The first-order valence-corrected chi connectivity index (χ1v) is 13.4. The van der Waals surface area contributed by atoms with Gasteiger partial charge in [-0.05, 0) is 42.2 Å². The molecule has 1 aromatic carbocycles. The van der Waals surface area contributed by atoms with E-state index in [2.05, 4.69) is 0 Å². The van der Waals surface area contributed by atoms with Gasteiger partial charge in [-0.1, -0.05) is 20.8 Å². The molecule has 2 amide bonds. The Morgan fingerprint density at radius 1 is 1.15 bits per heavy atom. The van der Waals surface area contributed by atoms with Crippen LogP contribution in [-0.4, -0.2) is 81.1 Å². The highest BCUT2D eigenvalue weighted by atomic mass is 16.3. The summed E-state index contributed by atoms with van der Waals surface area (Å²) in [6.45, 7) is 7.82. The maximum atomic E-state index is 14.0. The first-order valence-electron chi connectivity index (χ1n) is 13.4. The van der Waals surface area contributed by atoms with E-state index in [0.717, 1.165) is 0 Å². The Hall–Kier alpha value is -3.44. The summed E-state index contributed by atoms with van der Waals surface area (Å²) in [5.74, 6) is -7.68. The summed E-state index contributed by atoms with van der Waals surface area (Å²) in [5.41, 5.74) is 3.81. The lowest BCUT2D eigenvalue weighted by Crippen LogP contribution is -2.63. The number of hydrogen-bond donors (Lipinski definition) is 5. The molecule has 40 heavy (non-hydrogen) atoms. The van der Waals surface area contributed by atoms with Gasteiger partial charge < -0.3 is 36.0 Å². The van der Waals surface area contributed by atoms with Gasteiger partial charge in [0.25, 0.3) is 0 Å². The number of phenolic OH excluding ortho intramolecular Hbond substituents is 1. The second-order valence-electron chi connectivity index (χ2n) is 12.8. The van der Waals surface area contributed by atoms with Crippen LogP contribution in [0.15, 0.2) is 17.4 Å². The Bertz CT molecular complexity index is 1330. The second-order valence-corrected chi connectivity index (χ2v) is 12.8. The van der Waals surface area contributed by atoms with Crippen molar-refractivity contribution in [2.45, 2.75) is 65.2 Å². The number of hydrogen-bond acceptors (Lipinski definition) is 9. The van der Waals surface area contributed by atoms with Crippen LogP contribution in [0.5, 0.6) is 5.75 Å². The molecule has 1 fully saturated rings. The number of benzene rings is 1. The van der Waals surface area contributed by atoms with Crippen molar-refractivity contribution in [3.8, 4) is 5.75 Å². The van der Waals surface area contributed by atoms with Crippen molar-refractivity contribution in [3.63, 3.8) is 0 Å². The zero-order valence-electron chi connectivity index (χ0n) is 23.8. The quantitative estimate of drug-likeness (QED) is 0.332. The SMILES string of the molecule is CC(=O)N(Cc1cc(N(C)C)c2c(c1O)C(=O)C1=C(O)[C@]3(O)C(=O)C(C(N)=O)C(O)C[C@@H]3C[C@@H]1C2)CC(C)(C)C. The summed E-state index contributed by atoms with van der Waals surface area (Å²) < 4.78 is 0. The van der Waals surface area contributed by atoms with E-state index in [1.807, 2.05) is 20.8 Å². The number of primary amides is 1. The molecule has 0 aliphatic heterocycles. The monoisotopic (exact) mass is 557 g/mol. The fraction of sp³-hybridized carbons (Fsp3) is 0.586. The largest absolute Gasteiger partial charge is 0.508 e.